The lowest BCUT2D eigenvalue weighted by Gasteiger charge is -2.15. The highest BCUT2D eigenvalue weighted by Crippen LogP contribution is 2.39. The third-order valence-corrected chi connectivity index (χ3v) is 7.39. The first-order valence-corrected chi connectivity index (χ1v) is 13.7. The molecule has 1 aliphatic heterocycles. The molecule has 0 atom stereocenters. The smallest absolute Gasteiger partial charge is 0.293 e. The molecular weight excluding hydrogens is 592 g/mol. The summed E-state index contributed by atoms with van der Waals surface area (Å²) >= 11 is 10.5. The van der Waals surface area contributed by atoms with Gasteiger partial charge in [-0.25, -0.2) is 0 Å². The van der Waals surface area contributed by atoms with E-state index in [0.29, 0.717) is 43.8 Å². The average molecular weight is 616 g/mol. The van der Waals surface area contributed by atoms with Crippen molar-refractivity contribution in [3.05, 3.63) is 91.8 Å². The summed E-state index contributed by atoms with van der Waals surface area (Å²) in [6, 6.07) is 18.0. The predicted molar refractivity (Wildman–Crippen MR) is 154 cm³/mol. The first kappa shape index (κ1) is 27.8. The number of nitrogens with one attached hydrogen (secondary N) is 1. The van der Waals surface area contributed by atoms with Crippen LogP contribution in [0.25, 0.3) is 6.08 Å². The number of ether oxygens (including phenoxy) is 2. The molecule has 3 amide bonds. The van der Waals surface area contributed by atoms with Crippen LogP contribution in [-0.2, 0) is 16.1 Å². The van der Waals surface area contributed by atoms with Gasteiger partial charge in [0, 0.05) is 10.7 Å². The van der Waals surface area contributed by atoms with Crippen molar-refractivity contribution < 1.29 is 23.9 Å². The van der Waals surface area contributed by atoms with Crippen molar-refractivity contribution >= 4 is 68.1 Å². The molecule has 3 aromatic rings. The number of hydrogen-bond acceptors (Lipinski definition) is 6. The van der Waals surface area contributed by atoms with Crippen LogP contribution >= 0.6 is 39.3 Å². The zero-order valence-corrected chi connectivity index (χ0v) is 23.8. The van der Waals surface area contributed by atoms with Gasteiger partial charge in [-0.1, -0.05) is 48.0 Å². The second-order valence-electron chi connectivity index (χ2n) is 8.32. The van der Waals surface area contributed by atoms with E-state index in [2.05, 4.69) is 21.2 Å². The van der Waals surface area contributed by atoms with E-state index >= 15 is 0 Å². The number of carbonyl (C=O) groups is 3. The van der Waals surface area contributed by atoms with Gasteiger partial charge in [0.1, 0.15) is 0 Å². The highest BCUT2D eigenvalue weighted by Gasteiger charge is 2.35. The van der Waals surface area contributed by atoms with Crippen molar-refractivity contribution in [3.63, 3.8) is 0 Å². The van der Waals surface area contributed by atoms with Gasteiger partial charge in [0.05, 0.1) is 22.5 Å². The molecule has 4 rings (SSSR count). The molecule has 0 aromatic heterocycles. The summed E-state index contributed by atoms with van der Waals surface area (Å²) in [6.07, 6.45) is 1.64. The normalized spacial score (nSPS) is 14.2. The summed E-state index contributed by atoms with van der Waals surface area (Å²) in [4.78, 5) is 39.5. The van der Waals surface area contributed by atoms with Gasteiger partial charge in [-0.15, -0.1) is 0 Å². The monoisotopic (exact) mass is 614 g/mol. The Hall–Kier alpha value is -3.27. The Kier molecular flexibility index (Phi) is 9.14. The maximum atomic E-state index is 12.9. The van der Waals surface area contributed by atoms with Crippen LogP contribution in [0.15, 0.2) is 70.0 Å². The van der Waals surface area contributed by atoms with E-state index in [1.54, 1.807) is 30.3 Å². The molecule has 3 aromatic carbocycles. The molecule has 1 saturated heterocycles. The number of halogens is 2. The Morgan fingerprint density at radius 3 is 2.58 bits per heavy atom. The van der Waals surface area contributed by atoms with Crippen LogP contribution in [0, 0.1) is 6.92 Å². The molecule has 38 heavy (non-hydrogen) atoms. The lowest BCUT2D eigenvalue weighted by atomic mass is 10.1. The van der Waals surface area contributed by atoms with Gasteiger partial charge in [0.15, 0.2) is 18.1 Å². The molecule has 0 saturated carbocycles. The molecule has 1 aliphatic rings. The van der Waals surface area contributed by atoms with Crippen LogP contribution in [0.3, 0.4) is 0 Å². The van der Waals surface area contributed by atoms with Crippen molar-refractivity contribution in [2.45, 2.75) is 20.4 Å². The molecule has 7 nitrogen and oxygen atoms in total. The van der Waals surface area contributed by atoms with E-state index < -0.39 is 0 Å². The second kappa shape index (κ2) is 12.5. The van der Waals surface area contributed by atoms with Crippen LogP contribution in [-0.4, -0.2) is 35.2 Å². The number of rotatable bonds is 9. The Morgan fingerprint density at radius 2 is 1.87 bits per heavy atom. The minimum atomic E-state index is -0.365. The van der Waals surface area contributed by atoms with E-state index in [0.717, 1.165) is 22.9 Å². The Labute approximate surface area is 238 Å². The number of nitrogens with zero attached hydrogens (tertiary/aromatic N) is 1. The van der Waals surface area contributed by atoms with Crippen molar-refractivity contribution in [1.82, 2.24) is 4.90 Å². The molecule has 0 spiro atoms. The van der Waals surface area contributed by atoms with Gasteiger partial charge in [0.25, 0.3) is 17.1 Å². The van der Waals surface area contributed by atoms with Crippen molar-refractivity contribution in [1.29, 1.82) is 0 Å². The molecule has 1 fully saturated rings. The van der Waals surface area contributed by atoms with Crippen molar-refractivity contribution in [2.24, 2.45) is 0 Å². The van der Waals surface area contributed by atoms with Gasteiger partial charge in [0.2, 0.25) is 0 Å². The maximum Gasteiger partial charge on any atom is 0.293 e. The number of benzene rings is 3. The van der Waals surface area contributed by atoms with Gasteiger partial charge in [-0.3, -0.25) is 19.3 Å². The quantitative estimate of drug-likeness (QED) is 0.259. The minimum Gasteiger partial charge on any atom is -0.490 e. The number of anilines is 1. The molecule has 0 unspecified atom stereocenters. The summed E-state index contributed by atoms with van der Waals surface area (Å²) in [7, 11) is 0. The minimum absolute atomic E-state index is 0.209. The topological polar surface area (TPSA) is 84.9 Å². The number of aryl methyl sites for hydroxylation is 1. The second-order valence-corrected chi connectivity index (χ2v) is 10.6. The molecule has 1 heterocycles. The maximum absolute atomic E-state index is 12.9. The lowest BCUT2D eigenvalue weighted by molar-refractivity contribution is -0.123. The van der Waals surface area contributed by atoms with Crippen molar-refractivity contribution in [2.75, 3.05) is 18.5 Å². The molecule has 196 valence electrons. The van der Waals surface area contributed by atoms with Crippen LogP contribution < -0.4 is 14.8 Å². The molecule has 0 radical (unpaired) electrons. The summed E-state index contributed by atoms with van der Waals surface area (Å²) in [6.45, 7) is 4.01. The summed E-state index contributed by atoms with van der Waals surface area (Å²) < 4.78 is 12.1. The van der Waals surface area contributed by atoms with Crippen LogP contribution in [0.2, 0.25) is 5.02 Å². The molecular formula is C28H24BrClN2O5S. The lowest BCUT2D eigenvalue weighted by Crippen LogP contribution is -2.27. The fourth-order valence-corrected chi connectivity index (χ4v) is 5.23. The highest BCUT2D eigenvalue weighted by molar-refractivity contribution is 9.10. The first-order chi connectivity index (χ1) is 18.2. The number of amides is 3. The Balaban J connectivity index is 1.48. The Bertz CT molecular complexity index is 1410. The van der Waals surface area contributed by atoms with Crippen molar-refractivity contribution in [3.8, 4) is 11.5 Å². The van der Waals surface area contributed by atoms with E-state index in [1.807, 2.05) is 50.2 Å². The van der Waals surface area contributed by atoms with E-state index in [4.69, 9.17) is 21.1 Å². The van der Waals surface area contributed by atoms with Crippen LogP contribution in [0.4, 0.5) is 10.5 Å². The average Bonchev–Trinajstić information content (AvgIpc) is 3.14. The third kappa shape index (κ3) is 6.78. The standard InChI is InChI=1S/C28H24BrClN2O5S/c1-3-36-23-12-19(13-24-27(34)32(28(35)38-24)15-18-7-5-4-6-8-18)11-21(29)26(23)37-16-25(33)31-20-10-9-17(2)22(30)14-20/h4-14H,3,15-16H2,1-2H3,(H,31,33)/b24-13-. The Morgan fingerprint density at radius 1 is 1.11 bits per heavy atom. The SMILES string of the molecule is CCOc1cc(/C=C2\SC(=O)N(Cc3ccccc3)C2=O)cc(Br)c1OCC(=O)Nc1ccc(C)c(Cl)c1. The van der Waals surface area contributed by atoms with Gasteiger partial charge in [-0.2, -0.15) is 0 Å². The van der Waals surface area contributed by atoms with E-state index in [1.165, 1.54) is 4.90 Å². The predicted octanol–water partition coefficient (Wildman–Crippen LogP) is 7.06. The molecule has 10 heteroatoms. The van der Waals surface area contributed by atoms with Crippen LogP contribution in [0.1, 0.15) is 23.6 Å². The van der Waals surface area contributed by atoms with Gasteiger partial charge in [-0.05, 0) is 88.6 Å². The van der Waals surface area contributed by atoms with Crippen LogP contribution in [0.5, 0.6) is 11.5 Å². The summed E-state index contributed by atoms with van der Waals surface area (Å²) in [5.41, 5.74) is 2.98. The number of thioether (sulfide) groups is 1. The zero-order chi connectivity index (χ0) is 27.2. The van der Waals surface area contributed by atoms with Gasteiger partial charge < -0.3 is 14.8 Å². The molecule has 1 N–H and O–H groups in total. The number of hydrogen-bond donors (Lipinski definition) is 1. The molecule has 0 aliphatic carbocycles. The van der Waals surface area contributed by atoms with E-state index in [-0.39, 0.29) is 30.2 Å². The number of imide groups is 1. The first-order valence-electron chi connectivity index (χ1n) is 11.7. The van der Waals surface area contributed by atoms with E-state index in [9.17, 15) is 14.4 Å². The highest BCUT2D eigenvalue weighted by atomic mass is 79.9. The largest absolute Gasteiger partial charge is 0.490 e. The third-order valence-electron chi connectivity index (χ3n) is 5.49. The fraction of sp³-hybridized carbons (Fsp3) is 0.179. The number of carbonyl (C=O) groups excluding carboxylic acids is 3. The van der Waals surface area contributed by atoms with Gasteiger partial charge >= 0.3 is 0 Å². The summed E-state index contributed by atoms with van der Waals surface area (Å²) in [5, 5.41) is 2.98. The summed E-state index contributed by atoms with van der Waals surface area (Å²) in [5.74, 6) is 0.0164. The molecule has 0 bridgehead atoms. The zero-order valence-electron chi connectivity index (χ0n) is 20.6. The fourth-order valence-electron chi connectivity index (χ4n) is 3.63.